The van der Waals surface area contributed by atoms with Crippen molar-refractivity contribution in [3.05, 3.63) is 35.0 Å². The van der Waals surface area contributed by atoms with Crippen LogP contribution in [0.25, 0.3) is 11.3 Å². The largest absolute Gasteiger partial charge is 0.417 e. The molecule has 6 rings (SSSR count). The van der Waals surface area contributed by atoms with Gasteiger partial charge in [0.2, 0.25) is 15.9 Å². The van der Waals surface area contributed by atoms with E-state index in [0.29, 0.717) is 42.1 Å². The molecule has 0 radical (unpaired) electrons. The van der Waals surface area contributed by atoms with Crippen LogP contribution < -0.4 is 0 Å². The van der Waals surface area contributed by atoms with E-state index in [9.17, 15) is 31.5 Å². The summed E-state index contributed by atoms with van der Waals surface area (Å²) in [6.45, 7) is 6.69. The molecule has 1 unspecified atom stereocenters. The fourth-order valence-corrected chi connectivity index (χ4v) is 9.82. The summed E-state index contributed by atoms with van der Waals surface area (Å²) < 4.78 is 70.6. The number of carbonyl (C=O) groups is 1. The van der Waals surface area contributed by atoms with E-state index in [1.807, 2.05) is 4.90 Å². The highest BCUT2D eigenvalue weighted by Crippen LogP contribution is 2.40. The monoisotopic (exact) mass is 740 g/mol. The number of fused-ring (bicyclic) bond motifs is 1. The van der Waals surface area contributed by atoms with Crippen LogP contribution in [0, 0.1) is 5.92 Å². The molecule has 10 nitrogen and oxygen atoms in total. The zero-order valence-electron chi connectivity index (χ0n) is 29.0. The van der Waals surface area contributed by atoms with Gasteiger partial charge in [0, 0.05) is 79.1 Å². The maximum Gasteiger partial charge on any atom is 0.417 e. The first-order valence-electron chi connectivity index (χ1n) is 18.2. The molecule has 0 saturated carbocycles. The van der Waals surface area contributed by atoms with Gasteiger partial charge in [-0.15, -0.1) is 11.8 Å². The molecule has 4 aliphatic rings. The maximum atomic E-state index is 14.1. The van der Waals surface area contributed by atoms with Gasteiger partial charge in [0.1, 0.15) is 0 Å². The van der Waals surface area contributed by atoms with Crippen molar-refractivity contribution in [2.45, 2.75) is 88.1 Å². The number of β-amino-alcohol motifs (C(OH)–C–C–N with tert-alkyl or cyclic N) is 1. The molecule has 2 aromatic rings. The van der Waals surface area contributed by atoms with Gasteiger partial charge in [-0.2, -0.15) is 22.6 Å². The molecule has 1 atom stereocenters. The number of sulfonamides is 1. The van der Waals surface area contributed by atoms with E-state index in [4.69, 9.17) is 5.10 Å². The third kappa shape index (κ3) is 9.24. The molecule has 3 fully saturated rings. The van der Waals surface area contributed by atoms with Crippen molar-refractivity contribution in [3.8, 4) is 11.3 Å². The summed E-state index contributed by atoms with van der Waals surface area (Å²) in [6.07, 6.45) is 4.50. The second kappa shape index (κ2) is 16.2. The normalized spacial score (nSPS) is 21.3. The van der Waals surface area contributed by atoms with Crippen molar-refractivity contribution < 1.29 is 31.5 Å². The van der Waals surface area contributed by atoms with Gasteiger partial charge in [-0.1, -0.05) is 12.5 Å². The van der Waals surface area contributed by atoms with Crippen LogP contribution in [-0.4, -0.2) is 125 Å². The topological polar surface area (TPSA) is 102 Å². The van der Waals surface area contributed by atoms with Crippen LogP contribution in [-0.2, 0) is 40.5 Å². The number of nitrogens with zero attached hydrogens (tertiary/aromatic N) is 6. The number of benzene rings is 1. The number of amides is 1. The first-order valence-corrected chi connectivity index (χ1v) is 21.0. The van der Waals surface area contributed by atoms with E-state index in [1.165, 1.54) is 35.0 Å². The second-order valence-corrected chi connectivity index (χ2v) is 17.5. The maximum absolute atomic E-state index is 14.1. The number of aliphatic hydroxyl groups excluding tert-OH is 1. The number of hydrogen-bond acceptors (Lipinski definition) is 8. The zero-order chi connectivity index (χ0) is 35.5. The average Bonchev–Trinajstić information content (AvgIpc) is 3.45. The number of alkyl halides is 3. The van der Waals surface area contributed by atoms with Crippen LogP contribution in [0.2, 0.25) is 0 Å². The second-order valence-electron chi connectivity index (χ2n) is 14.4. The Morgan fingerprint density at radius 3 is 2.30 bits per heavy atom. The summed E-state index contributed by atoms with van der Waals surface area (Å²) in [5, 5.41) is 16.1. The van der Waals surface area contributed by atoms with Crippen LogP contribution >= 0.6 is 11.8 Å². The van der Waals surface area contributed by atoms with E-state index in [0.717, 1.165) is 95.8 Å². The van der Waals surface area contributed by atoms with Gasteiger partial charge in [0.25, 0.3) is 0 Å². The average molecular weight is 741 g/mol. The SMILES string of the molecule is CS(=O)(=O)N1CCc2c(c(-c3ccc(C(F)(F)F)c(SCCN4CCCCC4)c3)nn2CC(O)CN2CCC(C(=O)N3CCCCC3)CC2)C1. The summed E-state index contributed by atoms with van der Waals surface area (Å²) in [5.74, 6) is 0.809. The van der Waals surface area contributed by atoms with E-state index in [1.54, 1.807) is 10.7 Å². The molecule has 0 bridgehead atoms. The van der Waals surface area contributed by atoms with Crippen molar-refractivity contribution in [2.75, 3.05) is 70.9 Å². The molecule has 3 saturated heterocycles. The Labute approximate surface area is 298 Å². The molecular weight excluding hydrogens is 690 g/mol. The molecule has 1 N–H and O–H groups in total. The van der Waals surface area contributed by atoms with Gasteiger partial charge >= 0.3 is 6.18 Å². The summed E-state index contributed by atoms with van der Waals surface area (Å²) in [6, 6.07) is 4.08. The molecule has 0 aliphatic carbocycles. The number of halogens is 3. The smallest absolute Gasteiger partial charge is 0.390 e. The third-order valence-corrected chi connectivity index (χ3v) is 13.0. The third-order valence-electron chi connectivity index (χ3n) is 10.7. The predicted molar refractivity (Wildman–Crippen MR) is 188 cm³/mol. The fourth-order valence-electron chi connectivity index (χ4n) is 7.91. The molecule has 278 valence electrons. The van der Waals surface area contributed by atoms with Gasteiger partial charge in [-0.05, 0) is 83.3 Å². The van der Waals surface area contributed by atoms with Gasteiger partial charge < -0.3 is 19.8 Å². The Kier molecular flexibility index (Phi) is 12.2. The molecule has 1 aromatic heterocycles. The minimum absolute atomic E-state index is 0.0246. The standard InChI is InChI=1S/C35H51F3N6O4S2/c1-50(47,48)43-19-12-31-29(25-43)33(27-8-9-30(35(36,37)38)32(22-27)49-21-20-40-13-4-2-5-14-40)39-44(31)24-28(45)23-41-17-10-26(11-18-41)34(46)42-15-6-3-7-16-42/h8-9,22,26,28,45H,2-7,10-21,23-25H2,1H3. The van der Waals surface area contributed by atoms with Crippen molar-refractivity contribution >= 4 is 27.7 Å². The Morgan fingerprint density at radius 1 is 0.960 bits per heavy atom. The molecular formula is C35H51F3N6O4S2. The number of aliphatic hydroxyl groups is 1. The lowest BCUT2D eigenvalue weighted by molar-refractivity contribution is -0.140. The zero-order valence-corrected chi connectivity index (χ0v) is 30.7. The van der Waals surface area contributed by atoms with Crippen molar-refractivity contribution in [2.24, 2.45) is 5.92 Å². The quantitative estimate of drug-likeness (QED) is 0.335. The van der Waals surface area contributed by atoms with Crippen molar-refractivity contribution in [1.29, 1.82) is 0 Å². The number of piperidine rings is 3. The lowest BCUT2D eigenvalue weighted by Crippen LogP contribution is -2.46. The number of thioether (sulfide) groups is 1. The van der Waals surface area contributed by atoms with E-state index in [-0.39, 0.29) is 36.4 Å². The van der Waals surface area contributed by atoms with Gasteiger partial charge in [0.15, 0.2) is 0 Å². The van der Waals surface area contributed by atoms with Gasteiger partial charge in [-0.3, -0.25) is 9.48 Å². The molecule has 1 aromatic carbocycles. The van der Waals surface area contributed by atoms with Crippen LogP contribution in [0.3, 0.4) is 0 Å². The Hall–Kier alpha value is -2.17. The summed E-state index contributed by atoms with van der Waals surface area (Å²) in [5.41, 5.74) is 1.72. The van der Waals surface area contributed by atoms with E-state index >= 15 is 0 Å². The minimum Gasteiger partial charge on any atom is -0.390 e. The lowest BCUT2D eigenvalue weighted by Gasteiger charge is -2.36. The number of aromatic nitrogens is 2. The molecule has 5 heterocycles. The molecule has 1 amide bonds. The first-order chi connectivity index (χ1) is 23.9. The molecule has 50 heavy (non-hydrogen) atoms. The highest BCUT2D eigenvalue weighted by molar-refractivity contribution is 7.99. The summed E-state index contributed by atoms with van der Waals surface area (Å²) >= 11 is 1.19. The Morgan fingerprint density at radius 2 is 1.64 bits per heavy atom. The number of carbonyl (C=O) groups excluding carboxylic acids is 1. The lowest BCUT2D eigenvalue weighted by atomic mass is 9.94. The number of likely N-dealkylation sites (tertiary alicyclic amines) is 3. The van der Waals surface area contributed by atoms with E-state index < -0.39 is 27.9 Å². The van der Waals surface area contributed by atoms with Crippen LogP contribution in [0.1, 0.15) is 68.2 Å². The van der Waals surface area contributed by atoms with Crippen molar-refractivity contribution in [1.82, 2.24) is 28.8 Å². The fraction of sp³-hybridized carbons (Fsp3) is 0.714. The van der Waals surface area contributed by atoms with E-state index in [2.05, 4.69) is 9.80 Å². The number of rotatable bonds is 11. The predicted octanol–water partition coefficient (Wildman–Crippen LogP) is 4.55. The van der Waals surface area contributed by atoms with Crippen LogP contribution in [0.5, 0.6) is 0 Å². The number of hydrogen-bond donors (Lipinski definition) is 1. The molecule has 0 spiro atoms. The Bertz CT molecular complexity index is 1580. The minimum atomic E-state index is -4.52. The van der Waals surface area contributed by atoms with Crippen LogP contribution in [0.15, 0.2) is 23.1 Å². The molecule has 4 aliphatic heterocycles. The highest BCUT2D eigenvalue weighted by Gasteiger charge is 2.36. The molecule has 15 heteroatoms. The first kappa shape index (κ1) is 37.6. The van der Waals surface area contributed by atoms with Gasteiger partial charge in [-0.25, -0.2) is 8.42 Å². The van der Waals surface area contributed by atoms with Gasteiger partial charge in [0.05, 0.1) is 30.2 Å². The Balaban J connectivity index is 1.18. The summed E-state index contributed by atoms with van der Waals surface area (Å²) in [7, 11) is -3.52. The van der Waals surface area contributed by atoms with Crippen LogP contribution in [0.4, 0.5) is 13.2 Å². The van der Waals surface area contributed by atoms with Crippen molar-refractivity contribution in [3.63, 3.8) is 0 Å². The highest BCUT2D eigenvalue weighted by atomic mass is 32.2. The summed E-state index contributed by atoms with van der Waals surface area (Å²) in [4.78, 5) is 19.6.